The van der Waals surface area contributed by atoms with Gasteiger partial charge in [0, 0.05) is 11.9 Å². The van der Waals surface area contributed by atoms with Crippen molar-refractivity contribution in [3.8, 4) is 0 Å². The van der Waals surface area contributed by atoms with Crippen LogP contribution in [0.2, 0.25) is 5.02 Å². The first-order chi connectivity index (χ1) is 5.72. The van der Waals surface area contributed by atoms with E-state index in [4.69, 9.17) is 23.2 Å². The molecule has 1 rings (SSSR count). The van der Waals surface area contributed by atoms with Gasteiger partial charge in [-0.15, -0.1) is 11.6 Å². The highest BCUT2D eigenvalue weighted by molar-refractivity contribution is 6.30. The van der Waals surface area contributed by atoms with Gasteiger partial charge in [0.15, 0.2) is 0 Å². The molecule has 0 aliphatic carbocycles. The summed E-state index contributed by atoms with van der Waals surface area (Å²) in [6.45, 7) is 1.95. The first-order valence-electron chi connectivity index (χ1n) is 3.52. The van der Waals surface area contributed by atoms with Gasteiger partial charge in [-0.2, -0.15) is 0 Å². The molecule has 0 saturated carbocycles. The molecule has 66 valence electrons. The molecule has 0 radical (unpaired) electrons. The fraction of sp³-hybridized carbons (Fsp3) is 0.429. The second-order valence-corrected chi connectivity index (χ2v) is 3.17. The second-order valence-electron chi connectivity index (χ2n) is 2.42. The van der Waals surface area contributed by atoms with E-state index >= 15 is 0 Å². The van der Waals surface area contributed by atoms with E-state index in [1.165, 1.54) is 12.4 Å². The van der Waals surface area contributed by atoms with E-state index in [1.54, 1.807) is 0 Å². The van der Waals surface area contributed by atoms with Crippen molar-refractivity contribution >= 4 is 29.2 Å². The SMILES string of the molecule is CC(CCl)Nc1ncc(Cl)cn1. The van der Waals surface area contributed by atoms with Crippen LogP contribution in [0.1, 0.15) is 6.92 Å². The van der Waals surface area contributed by atoms with Crippen molar-refractivity contribution in [3.63, 3.8) is 0 Å². The Morgan fingerprint density at radius 1 is 1.50 bits per heavy atom. The maximum absolute atomic E-state index is 5.60. The van der Waals surface area contributed by atoms with Crippen LogP contribution in [0.5, 0.6) is 0 Å². The number of halogens is 2. The molecule has 12 heavy (non-hydrogen) atoms. The summed E-state index contributed by atoms with van der Waals surface area (Å²) < 4.78 is 0. The molecule has 0 amide bonds. The molecular weight excluding hydrogens is 197 g/mol. The maximum Gasteiger partial charge on any atom is 0.222 e. The van der Waals surface area contributed by atoms with Gasteiger partial charge in [-0.25, -0.2) is 9.97 Å². The van der Waals surface area contributed by atoms with Crippen LogP contribution in [-0.4, -0.2) is 21.9 Å². The smallest absolute Gasteiger partial charge is 0.222 e. The van der Waals surface area contributed by atoms with Crippen LogP contribution in [-0.2, 0) is 0 Å². The number of hydrogen-bond acceptors (Lipinski definition) is 3. The van der Waals surface area contributed by atoms with Crippen molar-refractivity contribution in [2.24, 2.45) is 0 Å². The van der Waals surface area contributed by atoms with Crippen molar-refractivity contribution < 1.29 is 0 Å². The zero-order valence-electron chi connectivity index (χ0n) is 6.59. The Balaban J connectivity index is 2.58. The Morgan fingerprint density at radius 3 is 2.58 bits per heavy atom. The van der Waals surface area contributed by atoms with Gasteiger partial charge in [-0.05, 0) is 6.92 Å². The quantitative estimate of drug-likeness (QED) is 0.770. The van der Waals surface area contributed by atoms with E-state index in [9.17, 15) is 0 Å². The van der Waals surface area contributed by atoms with Gasteiger partial charge < -0.3 is 5.32 Å². The molecule has 0 bridgehead atoms. The Morgan fingerprint density at radius 2 is 2.08 bits per heavy atom. The Labute approximate surface area is 81.1 Å². The van der Waals surface area contributed by atoms with E-state index < -0.39 is 0 Å². The predicted octanol–water partition coefficient (Wildman–Crippen LogP) is 2.17. The van der Waals surface area contributed by atoms with Crippen LogP contribution >= 0.6 is 23.2 Å². The first kappa shape index (κ1) is 9.55. The lowest BCUT2D eigenvalue weighted by Crippen LogP contribution is -2.18. The van der Waals surface area contributed by atoms with Crippen molar-refractivity contribution in [3.05, 3.63) is 17.4 Å². The molecule has 0 fully saturated rings. The topological polar surface area (TPSA) is 37.8 Å². The summed E-state index contributed by atoms with van der Waals surface area (Å²) in [6.07, 6.45) is 3.08. The van der Waals surface area contributed by atoms with Crippen LogP contribution in [0.15, 0.2) is 12.4 Å². The molecule has 5 heteroatoms. The molecular formula is C7H9Cl2N3. The lowest BCUT2D eigenvalue weighted by molar-refractivity contribution is 0.881. The average molecular weight is 206 g/mol. The molecule has 1 N–H and O–H groups in total. The Hall–Kier alpha value is -0.540. The van der Waals surface area contributed by atoms with Crippen LogP contribution in [0.4, 0.5) is 5.95 Å². The van der Waals surface area contributed by atoms with E-state index in [0.717, 1.165) is 0 Å². The molecule has 0 aliphatic heterocycles. The fourth-order valence-corrected chi connectivity index (χ4v) is 0.821. The first-order valence-corrected chi connectivity index (χ1v) is 4.43. The number of hydrogen-bond donors (Lipinski definition) is 1. The minimum atomic E-state index is 0.160. The molecule has 0 spiro atoms. The highest BCUT2D eigenvalue weighted by Gasteiger charge is 2.00. The Bertz CT molecular complexity index is 237. The molecule has 1 aromatic rings. The molecule has 1 unspecified atom stereocenters. The van der Waals surface area contributed by atoms with Crippen molar-refractivity contribution in [2.45, 2.75) is 13.0 Å². The third-order valence-corrected chi connectivity index (χ3v) is 1.89. The maximum atomic E-state index is 5.60. The minimum absolute atomic E-state index is 0.160. The van der Waals surface area contributed by atoms with Crippen molar-refractivity contribution in [2.75, 3.05) is 11.2 Å². The third kappa shape index (κ3) is 2.83. The number of rotatable bonds is 3. The standard InChI is InChI=1S/C7H9Cl2N3/c1-5(2-8)12-7-10-3-6(9)4-11-7/h3-5H,2H2,1H3,(H,10,11,12). The van der Waals surface area contributed by atoms with Gasteiger partial charge in [0.2, 0.25) is 5.95 Å². The van der Waals surface area contributed by atoms with Gasteiger partial charge in [-0.1, -0.05) is 11.6 Å². The largest absolute Gasteiger partial charge is 0.351 e. The summed E-state index contributed by atoms with van der Waals surface area (Å²) in [4.78, 5) is 7.91. The number of nitrogens with one attached hydrogen (secondary N) is 1. The molecule has 1 atom stereocenters. The van der Waals surface area contributed by atoms with Gasteiger partial charge in [0.25, 0.3) is 0 Å². The van der Waals surface area contributed by atoms with Crippen LogP contribution in [0.3, 0.4) is 0 Å². The molecule has 3 nitrogen and oxygen atoms in total. The zero-order chi connectivity index (χ0) is 8.97. The van der Waals surface area contributed by atoms with Crippen LogP contribution in [0, 0.1) is 0 Å². The molecule has 0 aliphatic rings. The van der Waals surface area contributed by atoms with E-state index in [1.807, 2.05) is 6.92 Å². The Kier molecular flexibility index (Phi) is 3.56. The number of aromatic nitrogens is 2. The van der Waals surface area contributed by atoms with Gasteiger partial charge in [0.1, 0.15) is 0 Å². The summed E-state index contributed by atoms with van der Waals surface area (Å²) in [7, 11) is 0. The lowest BCUT2D eigenvalue weighted by atomic mass is 10.4. The third-order valence-electron chi connectivity index (χ3n) is 1.23. The van der Waals surface area contributed by atoms with Crippen molar-refractivity contribution in [1.29, 1.82) is 0 Å². The fourth-order valence-electron chi connectivity index (χ4n) is 0.646. The molecule has 0 aromatic carbocycles. The number of alkyl halides is 1. The van der Waals surface area contributed by atoms with E-state index in [-0.39, 0.29) is 6.04 Å². The van der Waals surface area contributed by atoms with Crippen molar-refractivity contribution in [1.82, 2.24) is 9.97 Å². The van der Waals surface area contributed by atoms with E-state index in [2.05, 4.69) is 15.3 Å². The highest BCUT2D eigenvalue weighted by Crippen LogP contribution is 2.06. The summed E-state index contributed by atoms with van der Waals surface area (Å²) in [5.74, 6) is 1.07. The molecule has 1 heterocycles. The highest BCUT2D eigenvalue weighted by atomic mass is 35.5. The average Bonchev–Trinajstić information content (AvgIpc) is 2.09. The van der Waals surface area contributed by atoms with Crippen LogP contribution < -0.4 is 5.32 Å². The summed E-state index contributed by atoms with van der Waals surface area (Å²) in [5, 5.41) is 3.53. The van der Waals surface area contributed by atoms with Crippen LogP contribution in [0.25, 0.3) is 0 Å². The van der Waals surface area contributed by atoms with Gasteiger partial charge in [-0.3, -0.25) is 0 Å². The monoisotopic (exact) mass is 205 g/mol. The van der Waals surface area contributed by atoms with Gasteiger partial charge in [0.05, 0.1) is 17.4 Å². The zero-order valence-corrected chi connectivity index (χ0v) is 8.10. The lowest BCUT2D eigenvalue weighted by Gasteiger charge is -2.08. The summed E-state index contributed by atoms with van der Waals surface area (Å²) >= 11 is 11.2. The number of nitrogens with zero attached hydrogens (tertiary/aromatic N) is 2. The number of anilines is 1. The summed E-state index contributed by atoms with van der Waals surface area (Å²) in [6, 6.07) is 0.160. The minimum Gasteiger partial charge on any atom is -0.351 e. The molecule has 0 saturated heterocycles. The molecule has 1 aromatic heterocycles. The van der Waals surface area contributed by atoms with Gasteiger partial charge >= 0.3 is 0 Å². The normalized spacial score (nSPS) is 12.6. The predicted molar refractivity (Wildman–Crippen MR) is 50.8 cm³/mol. The second kappa shape index (κ2) is 4.48. The van der Waals surface area contributed by atoms with E-state index in [0.29, 0.717) is 16.9 Å². The summed E-state index contributed by atoms with van der Waals surface area (Å²) in [5.41, 5.74) is 0.